The van der Waals surface area contributed by atoms with Gasteiger partial charge in [0, 0.05) is 12.4 Å². The van der Waals surface area contributed by atoms with E-state index in [-0.39, 0.29) is 18.3 Å². The molecule has 0 amide bonds. The highest BCUT2D eigenvalue weighted by Crippen LogP contribution is 2.38. The summed E-state index contributed by atoms with van der Waals surface area (Å²) in [4.78, 5) is 3.98. The Labute approximate surface area is 83.7 Å². The Morgan fingerprint density at radius 2 is 2.29 bits per heavy atom. The lowest BCUT2D eigenvalue weighted by Gasteiger charge is -2.24. The maximum Gasteiger partial charge on any atom is 0.0910 e. The summed E-state index contributed by atoms with van der Waals surface area (Å²) in [6.07, 6.45) is 5.43. The van der Waals surface area contributed by atoms with Crippen LogP contribution in [0, 0.1) is 0 Å². The molecule has 2 heterocycles. The Balaban J connectivity index is 2.19. The molecule has 1 aliphatic heterocycles. The summed E-state index contributed by atoms with van der Waals surface area (Å²) in [5.41, 5.74) is 0.902. The number of aliphatic hydroxyl groups is 1. The molecule has 0 radical (unpaired) electrons. The Morgan fingerprint density at radius 1 is 1.57 bits per heavy atom. The van der Waals surface area contributed by atoms with Crippen LogP contribution >= 0.6 is 0 Å². The van der Waals surface area contributed by atoms with Gasteiger partial charge in [-0.05, 0) is 37.5 Å². The van der Waals surface area contributed by atoms with Gasteiger partial charge in [-0.15, -0.1) is 0 Å². The molecule has 0 aromatic carbocycles. The third-order valence-electron chi connectivity index (χ3n) is 2.86. The number of aliphatic hydroxyl groups excluding tert-OH is 1. The largest absolute Gasteiger partial charge is 0.394 e. The molecule has 0 aliphatic carbocycles. The average Bonchev–Trinajstić information content (AvgIpc) is 2.63. The first kappa shape index (κ1) is 9.62. The van der Waals surface area contributed by atoms with E-state index >= 15 is 0 Å². The number of nitrogens with zero attached hydrogens (tertiary/aromatic N) is 1. The van der Waals surface area contributed by atoms with Crippen molar-refractivity contribution in [3.63, 3.8) is 0 Å². The zero-order valence-corrected chi connectivity index (χ0v) is 8.31. The van der Waals surface area contributed by atoms with E-state index in [0.29, 0.717) is 0 Å². The van der Waals surface area contributed by atoms with Crippen LogP contribution in [0.15, 0.2) is 24.5 Å². The summed E-state index contributed by atoms with van der Waals surface area (Å²) in [6.45, 7) is 2.18. The molecule has 1 unspecified atom stereocenters. The second-order valence-corrected chi connectivity index (χ2v) is 3.93. The van der Waals surface area contributed by atoms with Crippen LogP contribution in [0.2, 0.25) is 0 Å². The maximum absolute atomic E-state index is 9.01. The molecular formula is C11H15NO2. The normalized spacial score (nSPS) is 32.0. The van der Waals surface area contributed by atoms with Gasteiger partial charge < -0.3 is 9.84 Å². The van der Waals surface area contributed by atoms with Crippen LogP contribution in [0.25, 0.3) is 0 Å². The van der Waals surface area contributed by atoms with Crippen molar-refractivity contribution in [3.05, 3.63) is 30.1 Å². The van der Waals surface area contributed by atoms with Crippen molar-refractivity contribution in [2.45, 2.75) is 31.5 Å². The van der Waals surface area contributed by atoms with Gasteiger partial charge in [0.05, 0.1) is 18.3 Å². The summed E-state index contributed by atoms with van der Waals surface area (Å²) in [5.74, 6) is 0. The summed E-state index contributed by atoms with van der Waals surface area (Å²) in [6, 6.07) is 3.94. The van der Waals surface area contributed by atoms with Gasteiger partial charge in [0.2, 0.25) is 0 Å². The van der Waals surface area contributed by atoms with E-state index in [0.717, 1.165) is 18.4 Å². The Bertz CT molecular complexity index is 301. The van der Waals surface area contributed by atoms with Crippen LogP contribution < -0.4 is 0 Å². The monoisotopic (exact) mass is 193 g/mol. The zero-order chi connectivity index (χ0) is 10.0. The van der Waals surface area contributed by atoms with Crippen molar-refractivity contribution in [2.24, 2.45) is 0 Å². The highest BCUT2D eigenvalue weighted by atomic mass is 16.5. The molecule has 76 valence electrons. The molecule has 2 atom stereocenters. The minimum absolute atomic E-state index is 0.00633. The topological polar surface area (TPSA) is 42.4 Å². The van der Waals surface area contributed by atoms with Gasteiger partial charge in [-0.1, -0.05) is 0 Å². The van der Waals surface area contributed by atoms with Crippen molar-refractivity contribution in [2.75, 3.05) is 6.61 Å². The van der Waals surface area contributed by atoms with Gasteiger partial charge in [-0.3, -0.25) is 4.98 Å². The van der Waals surface area contributed by atoms with E-state index in [1.54, 1.807) is 12.4 Å². The average molecular weight is 193 g/mol. The van der Waals surface area contributed by atoms with Crippen molar-refractivity contribution in [3.8, 4) is 0 Å². The molecule has 2 rings (SSSR count). The molecule has 0 bridgehead atoms. The molecule has 0 spiro atoms. The maximum atomic E-state index is 9.01. The summed E-state index contributed by atoms with van der Waals surface area (Å²) >= 11 is 0. The summed E-state index contributed by atoms with van der Waals surface area (Å²) < 4.78 is 5.81. The third kappa shape index (κ3) is 1.65. The smallest absolute Gasteiger partial charge is 0.0910 e. The first-order valence-electron chi connectivity index (χ1n) is 4.94. The zero-order valence-electron chi connectivity index (χ0n) is 8.31. The summed E-state index contributed by atoms with van der Waals surface area (Å²) in [5, 5.41) is 9.01. The molecule has 1 saturated heterocycles. The quantitative estimate of drug-likeness (QED) is 0.773. The van der Waals surface area contributed by atoms with E-state index in [2.05, 4.69) is 11.9 Å². The number of hydrogen-bond donors (Lipinski definition) is 1. The number of aromatic nitrogens is 1. The van der Waals surface area contributed by atoms with Gasteiger partial charge in [0.15, 0.2) is 0 Å². The fourth-order valence-electron chi connectivity index (χ4n) is 1.97. The van der Waals surface area contributed by atoms with Gasteiger partial charge in [-0.25, -0.2) is 0 Å². The van der Waals surface area contributed by atoms with E-state index in [9.17, 15) is 0 Å². The lowest BCUT2D eigenvalue weighted by Crippen LogP contribution is -2.23. The Kier molecular flexibility index (Phi) is 2.52. The predicted molar refractivity (Wildman–Crippen MR) is 52.8 cm³/mol. The van der Waals surface area contributed by atoms with Crippen LogP contribution in [0.1, 0.15) is 25.3 Å². The van der Waals surface area contributed by atoms with E-state index in [1.165, 1.54) is 0 Å². The minimum atomic E-state index is -0.240. The molecule has 14 heavy (non-hydrogen) atoms. The van der Waals surface area contributed by atoms with Gasteiger partial charge in [-0.2, -0.15) is 0 Å². The Morgan fingerprint density at radius 3 is 2.86 bits per heavy atom. The Hall–Kier alpha value is -0.930. The minimum Gasteiger partial charge on any atom is -0.394 e. The lowest BCUT2D eigenvalue weighted by molar-refractivity contribution is -0.0519. The fourth-order valence-corrected chi connectivity index (χ4v) is 1.97. The predicted octanol–water partition coefficient (Wildman–Crippen LogP) is 1.47. The van der Waals surface area contributed by atoms with Crippen LogP contribution in [-0.2, 0) is 10.3 Å². The molecule has 3 nitrogen and oxygen atoms in total. The fraction of sp³-hybridized carbons (Fsp3) is 0.545. The van der Waals surface area contributed by atoms with Gasteiger partial charge >= 0.3 is 0 Å². The highest BCUT2D eigenvalue weighted by molar-refractivity contribution is 5.19. The first-order chi connectivity index (χ1) is 6.74. The lowest BCUT2D eigenvalue weighted by atomic mass is 9.94. The number of rotatable bonds is 2. The molecule has 3 heteroatoms. The van der Waals surface area contributed by atoms with Crippen molar-refractivity contribution in [1.82, 2.24) is 4.98 Å². The summed E-state index contributed by atoms with van der Waals surface area (Å²) in [7, 11) is 0. The van der Waals surface area contributed by atoms with E-state index in [4.69, 9.17) is 9.84 Å². The number of hydrogen-bond acceptors (Lipinski definition) is 3. The molecule has 1 N–H and O–H groups in total. The van der Waals surface area contributed by atoms with Crippen LogP contribution in [0.5, 0.6) is 0 Å². The third-order valence-corrected chi connectivity index (χ3v) is 2.86. The van der Waals surface area contributed by atoms with Crippen molar-refractivity contribution >= 4 is 0 Å². The SMILES string of the molecule is CC1(c2ccncc2)CC[C@@H](CO)O1. The van der Waals surface area contributed by atoms with E-state index < -0.39 is 0 Å². The number of pyridine rings is 1. The van der Waals surface area contributed by atoms with Crippen molar-refractivity contribution < 1.29 is 9.84 Å². The number of ether oxygens (including phenoxy) is 1. The van der Waals surface area contributed by atoms with Crippen LogP contribution in [-0.4, -0.2) is 22.8 Å². The van der Waals surface area contributed by atoms with Gasteiger partial charge in [0.1, 0.15) is 0 Å². The van der Waals surface area contributed by atoms with Crippen LogP contribution in [0.4, 0.5) is 0 Å². The second kappa shape index (κ2) is 3.67. The molecule has 1 aromatic rings. The molecule has 0 saturated carbocycles. The molecule has 1 aliphatic rings. The standard InChI is InChI=1S/C11H15NO2/c1-11(5-2-10(8-13)14-11)9-3-6-12-7-4-9/h3-4,6-7,10,13H,2,5,8H2,1H3/t10-,11?/m0/s1. The first-order valence-corrected chi connectivity index (χ1v) is 4.94. The van der Waals surface area contributed by atoms with Crippen LogP contribution in [0.3, 0.4) is 0 Å². The van der Waals surface area contributed by atoms with Gasteiger partial charge in [0.25, 0.3) is 0 Å². The highest BCUT2D eigenvalue weighted by Gasteiger charge is 2.36. The molecule has 1 fully saturated rings. The molecule has 1 aromatic heterocycles. The molecular weight excluding hydrogens is 178 g/mol. The van der Waals surface area contributed by atoms with E-state index in [1.807, 2.05) is 12.1 Å². The second-order valence-electron chi connectivity index (χ2n) is 3.93. The van der Waals surface area contributed by atoms with Crippen molar-refractivity contribution in [1.29, 1.82) is 0 Å².